The lowest BCUT2D eigenvalue weighted by molar-refractivity contribution is 0.0938. The van der Waals surface area contributed by atoms with Crippen LogP contribution >= 0.6 is 0 Å². The molecule has 8 nitrogen and oxygen atoms in total. The molecule has 9 heteroatoms. The minimum Gasteiger partial charge on any atom is -0.342 e. The Kier molecular flexibility index (Phi) is 5.48. The van der Waals surface area contributed by atoms with Crippen molar-refractivity contribution >= 4 is 21.6 Å². The van der Waals surface area contributed by atoms with Crippen molar-refractivity contribution in [2.45, 2.75) is 37.8 Å². The molecule has 1 N–H and O–H groups in total. The summed E-state index contributed by atoms with van der Waals surface area (Å²) in [6, 6.07) is 10.9. The number of nitrogens with one attached hydrogen (secondary N) is 1. The largest absolute Gasteiger partial charge is 0.342 e. The van der Waals surface area contributed by atoms with Crippen LogP contribution in [-0.2, 0) is 10.0 Å². The first kappa shape index (κ1) is 20.0. The second-order valence-corrected chi connectivity index (χ2v) is 8.82. The SMILES string of the molecule is CC(NC(=O)c1ccc(S(=O)(=O)N(C)C(C)C)cc1)c1nnc2ccccn12. The molecule has 0 saturated heterocycles. The van der Waals surface area contributed by atoms with E-state index in [1.807, 2.05) is 35.7 Å². The zero-order chi connectivity index (χ0) is 20.5. The molecule has 3 aromatic rings. The van der Waals surface area contributed by atoms with E-state index in [9.17, 15) is 13.2 Å². The molecular formula is C19H23N5O3S. The molecule has 0 bridgehead atoms. The van der Waals surface area contributed by atoms with Crippen molar-refractivity contribution in [3.63, 3.8) is 0 Å². The van der Waals surface area contributed by atoms with Gasteiger partial charge < -0.3 is 5.32 Å². The Morgan fingerprint density at radius 3 is 2.39 bits per heavy atom. The molecular weight excluding hydrogens is 378 g/mol. The summed E-state index contributed by atoms with van der Waals surface area (Å²) in [5.41, 5.74) is 1.06. The molecule has 2 heterocycles. The van der Waals surface area contributed by atoms with Gasteiger partial charge in [-0.3, -0.25) is 9.20 Å². The van der Waals surface area contributed by atoms with Gasteiger partial charge in [0.1, 0.15) is 0 Å². The lowest BCUT2D eigenvalue weighted by Gasteiger charge is -2.21. The third-order valence-corrected chi connectivity index (χ3v) is 6.64. The maximum Gasteiger partial charge on any atom is 0.251 e. The van der Waals surface area contributed by atoms with Crippen molar-refractivity contribution in [3.8, 4) is 0 Å². The molecule has 1 aromatic carbocycles. The zero-order valence-corrected chi connectivity index (χ0v) is 17.0. The fourth-order valence-electron chi connectivity index (χ4n) is 2.72. The van der Waals surface area contributed by atoms with Gasteiger partial charge in [-0.2, -0.15) is 4.31 Å². The van der Waals surface area contributed by atoms with Gasteiger partial charge in [0, 0.05) is 24.8 Å². The van der Waals surface area contributed by atoms with Gasteiger partial charge in [-0.1, -0.05) is 6.07 Å². The highest BCUT2D eigenvalue weighted by molar-refractivity contribution is 7.89. The molecule has 0 fully saturated rings. The Hall–Kier alpha value is -2.78. The van der Waals surface area contributed by atoms with Crippen LogP contribution in [-0.4, -0.2) is 46.3 Å². The van der Waals surface area contributed by atoms with Crippen molar-refractivity contribution < 1.29 is 13.2 Å². The number of hydrogen-bond donors (Lipinski definition) is 1. The monoisotopic (exact) mass is 401 g/mol. The highest BCUT2D eigenvalue weighted by Gasteiger charge is 2.23. The normalized spacial score (nSPS) is 13.2. The number of sulfonamides is 1. The van der Waals surface area contributed by atoms with Gasteiger partial charge in [-0.15, -0.1) is 10.2 Å². The fraction of sp³-hybridized carbons (Fsp3) is 0.316. The van der Waals surface area contributed by atoms with Gasteiger partial charge in [0.2, 0.25) is 10.0 Å². The van der Waals surface area contributed by atoms with E-state index in [-0.39, 0.29) is 22.9 Å². The molecule has 1 amide bonds. The zero-order valence-electron chi connectivity index (χ0n) is 16.2. The van der Waals surface area contributed by atoms with E-state index in [1.54, 1.807) is 13.8 Å². The Balaban J connectivity index is 1.76. The number of fused-ring (bicyclic) bond motifs is 1. The smallest absolute Gasteiger partial charge is 0.251 e. The van der Waals surface area contributed by atoms with E-state index in [1.165, 1.54) is 35.6 Å². The van der Waals surface area contributed by atoms with Gasteiger partial charge in [-0.05, 0) is 57.2 Å². The maximum atomic E-state index is 12.6. The molecule has 3 rings (SSSR count). The number of benzene rings is 1. The van der Waals surface area contributed by atoms with Gasteiger partial charge in [0.15, 0.2) is 11.5 Å². The third kappa shape index (κ3) is 3.76. The number of nitrogens with zero attached hydrogens (tertiary/aromatic N) is 4. The van der Waals surface area contributed by atoms with E-state index >= 15 is 0 Å². The second kappa shape index (κ2) is 7.69. The Morgan fingerprint density at radius 2 is 1.75 bits per heavy atom. The first-order valence-corrected chi connectivity index (χ1v) is 10.3. The van der Waals surface area contributed by atoms with Gasteiger partial charge in [-0.25, -0.2) is 8.42 Å². The third-order valence-electron chi connectivity index (χ3n) is 4.60. The topological polar surface area (TPSA) is 96.7 Å². The van der Waals surface area contributed by atoms with Gasteiger partial charge in [0.25, 0.3) is 5.91 Å². The highest BCUT2D eigenvalue weighted by atomic mass is 32.2. The molecule has 1 unspecified atom stereocenters. The van der Waals surface area contributed by atoms with Gasteiger partial charge in [0.05, 0.1) is 10.9 Å². The number of carbonyl (C=O) groups excluding carboxylic acids is 1. The predicted molar refractivity (Wildman–Crippen MR) is 105 cm³/mol. The first-order chi connectivity index (χ1) is 13.2. The van der Waals surface area contributed by atoms with E-state index in [0.717, 1.165) is 0 Å². The summed E-state index contributed by atoms with van der Waals surface area (Å²) in [5, 5.41) is 11.1. The van der Waals surface area contributed by atoms with E-state index in [4.69, 9.17) is 0 Å². The van der Waals surface area contributed by atoms with E-state index < -0.39 is 10.0 Å². The van der Waals surface area contributed by atoms with Crippen molar-refractivity contribution in [2.75, 3.05) is 7.05 Å². The summed E-state index contributed by atoms with van der Waals surface area (Å²) < 4.78 is 28.1. The molecule has 0 saturated carbocycles. The molecule has 2 aromatic heterocycles. The van der Waals surface area contributed by atoms with Crippen LogP contribution in [0.4, 0.5) is 0 Å². The van der Waals surface area contributed by atoms with Crippen LogP contribution in [0.25, 0.3) is 5.65 Å². The average molecular weight is 401 g/mol. The van der Waals surface area contributed by atoms with Gasteiger partial charge >= 0.3 is 0 Å². The number of hydrogen-bond acceptors (Lipinski definition) is 5. The highest BCUT2D eigenvalue weighted by Crippen LogP contribution is 2.18. The average Bonchev–Trinajstić information content (AvgIpc) is 3.11. The number of carbonyl (C=O) groups is 1. The number of amides is 1. The summed E-state index contributed by atoms with van der Waals surface area (Å²) in [6.45, 7) is 5.42. The lowest BCUT2D eigenvalue weighted by atomic mass is 10.2. The summed E-state index contributed by atoms with van der Waals surface area (Å²) >= 11 is 0. The fourth-order valence-corrected chi connectivity index (χ4v) is 4.09. The minimum absolute atomic E-state index is 0.150. The van der Waals surface area contributed by atoms with Crippen LogP contribution in [0.15, 0.2) is 53.6 Å². The van der Waals surface area contributed by atoms with Crippen LogP contribution in [0.1, 0.15) is 43.0 Å². The first-order valence-electron chi connectivity index (χ1n) is 8.90. The summed E-state index contributed by atoms with van der Waals surface area (Å²) in [6.07, 6.45) is 1.83. The quantitative estimate of drug-likeness (QED) is 0.683. The maximum absolute atomic E-state index is 12.6. The summed E-state index contributed by atoms with van der Waals surface area (Å²) in [4.78, 5) is 12.7. The summed E-state index contributed by atoms with van der Waals surface area (Å²) in [7, 11) is -2.05. The molecule has 148 valence electrons. The van der Waals surface area contributed by atoms with Crippen LogP contribution in [0.5, 0.6) is 0 Å². The van der Waals surface area contributed by atoms with Crippen LogP contribution < -0.4 is 5.32 Å². The Bertz CT molecular complexity index is 1090. The van der Waals surface area contributed by atoms with E-state index in [2.05, 4.69) is 15.5 Å². The standard InChI is InChI=1S/C19H23N5O3S/c1-13(2)23(4)28(26,27)16-10-8-15(9-11-16)19(25)20-14(3)18-22-21-17-7-5-6-12-24(17)18/h5-14H,1-4H3,(H,20,25). The van der Waals surface area contributed by atoms with Crippen LogP contribution in [0.3, 0.4) is 0 Å². The number of rotatable bonds is 6. The Labute approximate surface area is 164 Å². The van der Waals surface area contributed by atoms with Crippen LogP contribution in [0.2, 0.25) is 0 Å². The lowest BCUT2D eigenvalue weighted by Crippen LogP contribution is -2.33. The molecule has 0 aliphatic carbocycles. The minimum atomic E-state index is -3.58. The molecule has 0 spiro atoms. The second-order valence-electron chi connectivity index (χ2n) is 6.82. The molecule has 28 heavy (non-hydrogen) atoms. The summed E-state index contributed by atoms with van der Waals surface area (Å²) in [5.74, 6) is 0.294. The molecule has 0 radical (unpaired) electrons. The van der Waals surface area contributed by atoms with E-state index in [0.29, 0.717) is 17.0 Å². The van der Waals surface area contributed by atoms with Crippen molar-refractivity contribution in [1.82, 2.24) is 24.2 Å². The number of aromatic nitrogens is 3. The number of pyridine rings is 1. The van der Waals surface area contributed by atoms with Crippen molar-refractivity contribution in [1.29, 1.82) is 0 Å². The van der Waals surface area contributed by atoms with Crippen LogP contribution in [0, 0.1) is 0 Å². The molecule has 0 aliphatic heterocycles. The molecule has 0 aliphatic rings. The predicted octanol–water partition coefficient (Wildman–Crippen LogP) is 2.25. The van der Waals surface area contributed by atoms with Crippen molar-refractivity contribution in [2.24, 2.45) is 0 Å². The molecule has 1 atom stereocenters. The Morgan fingerprint density at radius 1 is 1.07 bits per heavy atom. The van der Waals surface area contributed by atoms with Crippen molar-refractivity contribution in [3.05, 3.63) is 60.0 Å².